The van der Waals surface area contributed by atoms with E-state index >= 15 is 0 Å². The molecule has 1 heterocycles. The van der Waals surface area contributed by atoms with E-state index < -0.39 is 11.4 Å². The molecule has 18 heavy (non-hydrogen) atoms. The normalized spacial score (nSPS) is 16.3. The lowest BCUT2D eigenvalue weighted by Gasteiger charge is -2.21. The molecule has 1 aliphatic rings. The highest BCUT2D eigenvalue weighted by Crippen LogP contribution is 2.35. The second kappa shape index (κ2) is 5.17. The molecule has 0 aliphatic carbocycles. The van der Waals surface area contributed by atoms with E-state index in [2.05, 4.69) is 0 Å². The molecule has 1 aliphatic heterocycles. The third kappa shape index (κ3) is 2.85. The first-order valence-corrected chi connectivity index (χ1v) is 6.14. The van der Waals surface area contributed by atoms with Gasteiger partial charge < -0.3 is 4.74 Å². The van der Waals surface area contributed by atoms with Crippen LogP contribution >= 0.6 is 23.2 Å². The first-order valence-electron chi connectivity index (χ1n) is 5.38. The lowest BCUT2D eigenvalue weighted by atomic mass is 10.0. The van der Waals surface area contributed by atoms with Crippen molar-refractivity contribution < 1.29 is 13.5 Å². The maximum atomic E-state index is 13.1. The highest BCUT2D eigenvalue weighted by atomic mass is 35.5. The second-order valence-electron chi connectivity index (χ2n) is 4.12. The summed E-state index contributed by atoms with van der Waals surface area (Å²) in [5, 5.41) is -2.95. The Bertz CT molecular complexity index is 451. The molecule has 1 atom stereocenters. The van der Waals surface area contributed by atoms with Crippen LogP contribution < -0.4 is 16.0 Å². The van der Waals surface area contributed by atoms with E-state index in [0.29, 0.717) is 22.9 Å². The van der Waals surface area contributed by atoms with Crippen LogP contribution in [0.15, 0.2) is 12.1 Å². The Balaban J connectivity index is 2.29. The van der Waals surface area contributed by atoms with Crippen molar-refractivity contribution in [3.8, 4) is 5.75 Å². The molecule has 1 aromatic rings. The van der Waals surface area contributed by atoms with E-state index in [4.69, 9.17) is 33.8 Å². The standard InChI is InChI=1S/C11H12Cl2F2N2O/c12-8-3-6-1-2-18-10(6)7(4-8)5-9(17-16)11(13,14)15/h3-4,9,17H,1-2,5,16H2. The molecule has 0 fully saturated rings. The predicted molar refractivity (Wildman–Crippen MR) is 66.3 cm³/mol. The van der Waals surface area contributed by atoms with Crippen LogP contribution in [-0.2, 0) is 12.8 Å². The van der Waals surface area contributed by atoms with Gasteiger partial charge in [-0.25, -0.2) is 5.43 Å². The van der Waals surface area contributed by atoms with Gasteiger partial charge in [-0.2, -0.15) is 8.78 Å². The van der Waals surface area contributed by atoms with Gasteiger partial charge >= 0.3 is 5.38 Å². The summed E-state index contributed by atoms with van der Waals surface area (Å²) in [5.41, 5.74) is 3.52. The van der Waals surface area contributed by atoms with Crippen LogP contribution in [0.25, 0.3) is 0 Å². The zero-order valence-electron chi connectivity index (χ0n) is 9.35. The molecule has 3 nitrogen and oxygen atoms in total. The molecule has 1 unspecified atom stereocenters. The van der Waals surface area contributed by atoms with Crippen molar-refractivity contribution in [2.45, 2.75) is 24.3 Å². The average Bonchev–Trinajstić information content (AvgIpc) is 2.71. The molecule has 7 heteroatoms. The van der Waals surface area contributed by atoms with Crippen LogP contribution in [0.2, 0.25) is 5.02 Å². The largest absolute Gasteiger partial charge is 0.493 e. The molecule has 3 N–H and O–H groups in total. The minimum atomic E-state index is -3.44. The summed E-state index contributed by atoms with van der Waals surface area (Å²) in [6.45, 7) is 0.528. The molecular weight excluding hydrogens is 285 g/mol. The molecule has 0 amide bonds. The second-order valence-corrected chi connectivity index (χ2v) is 5.06. The van der Waals surface area contributed by atoms with E-state index in [1.54, 1.807) is 12.1 Å². The number of fused-ring (bicyclic) bond motifs is 1. The quantitative estimate of drug-likeness (QED) is 0.510. The van der Waals surface area contributed by atoms with Gasteiger partial charge in [0.05, 0.1) is 6.61 Å². The number of hydrogen-bond acceptors (Lipinski definition) is 3. The third-order valence-corrected chi connectivity index (χ3v) is 3.33. The minimum absolute atomic E-state index is 0.0596. The van der Waals surface area contributed by atoms with Gasteiger partial charge in [-0.15, -0.1) is 0 Å². The summed E-state index contributed by atoms with van der Waals surface area (Å²) < 4.78 is 31.6. The summed E-state index contributed by atoms with van der Waals surface area (Å²) in [6, 6.07) is 1.99. The van der Waals surface area contributed by atoms with Gasteiger partial charge in [0.25, 0.3) is 0 Å². The Morgan fingerprint density at radius 1 is 1.50 bits per heavy atom. The van der Waals surface area contributed by atoms with Gasteiger partial charge in [0.1, 0.15) is 11.8 Å². The summed E-state index contributed by atoms with van der Waals surface area (Å²) in [6.07, 6.45) is 0.663. The van der Waals surface area contributed by atoms with E-state index in [9.17, 15) is 8.78 Å². The number of hydrazine groups is 1. The number of benzene rings is 1. The van der Waals surface area contributed by atoms with Crippen LogP contribution in [0, 0.1) is 0 Å². The fourth-order valence-electron chi connectivity index (χ4n) is 1.99. The monoisotopic (exact) mass is 296 g/mol. The number of alkyl halides is 3. The number of nitrogens with two attached hydrogens (primary N) is 1. The van der Waals surface area contributed by atoms with Gasteiger partial charge in [-0.1, -0.05) is 11.6 Å². The predicted octanol–water partition coefficient (Wildman–Crippen LogP) is 2.48. The first kappa shape index (κ1) is 13.8. The van der Waals surface area contributed by atoms with E-state index in [0.717, 1.165) is 12.0 Å². The Labute approximate surface area is 113 Å². The van der Waals surface area contributed by atoms with Crippen molar-refractivity contribution in [1.82, 2.24) is 5.43 Å². The van der Waals surface area contributed by atoms with Crippen molar-refractivity contribution >= 4 is 23.2 Å². The van der Waals surface area contributed by atoms with E-state index in [1.165, 1.54) is 0 Å². The number of nitrogens with one attached hydrogen (secondary N) is 1. The van der Waals surface area contributed by atoms with Crippen molar-refractivity contribution in [2.75, 3.05) is 6.61 Å². The highest BCUT2D eigenvalue weighted by Gasteiger charge is 2.37. The number of halogens is 4. The lowest BCUT2D eigenvalue weighted by molar-refractivity contribution is 0.0500. The molecule has 0 spiro atoms. The van der Waals surface area contributed by atoms with E-state index in [-0.39, 0.29) is 6.42 Å². The number of rotatable bonds is 4. The topological polar surface area (TPSA) is 47.3 Å². The maximum absolute atomic E-state index is 13.1. The van der Waals surface area contributed by atoms with Crippen molar-refractivity contribution in [3.63, 3.8) is 0 Å². The Morgan fingerprint density at radius 3 is 2.83 bits per heavy atom. The van der Waals surface area contributed by atoms with Crippen LogP contribution in [0.3, 0.4) is 0 Å². The van der Waals surface area contributed by atoms with E-state index in [1.807, 2.05) is 5.43 Å². The van der Waals surface area contributed by atoms with Crippen molar-refractivity contribution in [1.29, 1.82) is 0 Å². The fourth-order valence-corrected chi connectivity index (χ4v) is 2.39. The fraction of sp³-hybridized carbons (Fsp3) is 0.455. The molecule has 0 saturated heterocycles. The number of hydrogen-bond donors (Lipinski definition) is 2. The van der Waals surface area contributed by atoms with Gasteiger partial charge in [-0.3, -0.25) is 5.84 Å². The van der Waals surface area contributed by atoms with Crippen LogP contribution in [0.4, 0.5) is 8.78 Å². The molecule has 1 aromatic carbocycles. The van der Waals surface area contributed by atoms with Crippen LogP contribution in [-0.4, -0.2) is 18.0 Å². The van der Waals surface area contributed by atoms with Crippen molar-refractivity contribution in [3.05, 3.63) is 28.3 Å². The van der Waals surface area contributed by atoms with Gasteiger partial charge in [0, 0.05) is 11.4 Å². The minimum Gasteiger partial charge on any atom is -0.493 e. The molecule has 2 rings (SSSR count). The molecule has 0 radical (unpaired) electrons. The lowest BCUT2D eigenvalue weighted by Crippen LogP contribution is -2.47. The van der Waals surface area contributed by atoms with Gasteiger partial charge in [0.15, 0.2) is 0 Å². The van der Waals surface area contributed by atoms with Crippen LogP contribution in [0.1, 0.15) is 11.1 Å². The smallest absolute Gasteiger partial charge is 0.338 e. The summed E-state index contributed by atoms with van der Waals surface area (Å²) in [5.74, 6) is 5.71. The average molecular weight is 297 g/mol. The zero-order chi connectivity index (χ0) is 13.3. The first-order chi connectivity index (χ1) is 8.41. The molecular formula is C11H12Cl2F2N2O. The summed E-state index contributed by atoms with van der Waals surface area (Å²) in [4.78, 5) is 0. The number of ether oxygens (including phenoxy) is 1. The molecule has 0 saturated carbocycles. The molecule has 100 valence electrons. The molecule has 0 bridgehead atoms. The summed E-state index contributed by atoms with van der Waals surface area (Å²) >= 11 is 10.9. The third-order valence-electron chi connectivity index (χ3n) is 2.85. The van der Waals surface area contributed by atoms with Gasteiger partial charge in [0.2, 0.25) is 0 Å². The van der Waals surface area contributed by atoms with Crippen molar-refractivity contribution in [2.24, 2.45) is 5.84 Å². The summed E-state index contributed by atoms with van der Waals surface area (Å²) in [7, 11) is 0. The highest BCUT2D eigenvalue weighted by molar-refractivity contribution is 6.30. The Morgan fingerprint density at radius 2 is 2.22 bits per heavy atom. The Kier molecular flexibility index (Phi) is 3.96. The Hall–Kier alpha value is -0.620. The molecule has 0 aromatic heterocycles. The maximum Gasteiger partial charge on any atom is 0.338 e. The van der Waals surface area contributed by atoms with Crippen LogP contribution in [0.5, 0.6) is 5.75 Å². The van der Waals surface area contributed by atoms with Gasteiger partial charge in [-0.05, 0) is 41.3 Å². The SMILES string of the molecule is NNC(Cc1cc(Cl)cc2c1OCC2)C(F)(F)Cl. The zero-order valence-corrected chi connectivity index (χ0v) is 10.9.